The smallest absolute Gasteiger partial charge is 0.412 e. The monoisotopic (exact) mass is 527 g/mol. The molecule has 3 aromatic carbocycles. The fraction of sp³-hybridized carbons (Fsp3) is 0.231. The number of rotatable bonds is 7. The maximum atomic E-state index is 13.2. The van der Waals surface area contributed by atoms with Crippen LogP contribution in [0.15, 0.2) is 72.8 Å². The number of hydrogen-bond donors (Lipinski definition) is 2. The van der Waals surface area contributed by atoms with Gasteiger partial charge in [-0.25, -0.2) is 13.2 Å². The van der Waals surface area contributed by atoms with Crippen LogP contribution in [-0.2, 0) is 26.0 Å². The fourth-order valence-electron chi connectivity index (χ4n) is 3.97. The number of benzene rings is 3. The molecule has 1 aliphatic rings. The first-order valence-electron chi connectivity index (χ1n) is 11.4. The second-order valence-corrected chi connectivity index (χ2v) is 10.9. The summed E-state index contributed by atoms with van der Waals surface area (Å²) >= 11 is 5.88. The average molecular weight is 528 g/mol. The molecule has 36 heavy (non-hydrogen) atoms. The molecule has 2 N–H and O–H groups in total. The summed E-state index contributed by atoms with van der Waals surface area (Å²) in [7, 11) is -3.31. The largest absolute Gasteiger partial charge is 0.436 e. The van der Waals surface area contributed by atoms with Crippen molar-refractivity contribution in [1.82, 2.24) is 0 Å². The molecule has 3 aromatic rings. The highest BCUT2D eigenvalue weighted by Gasteiger charge is 2.30. The van der Waals surface area contributed by atoms with Crippen LogP contribution in [0, 0.1) is 6.92 Å². The molecule has 0 bridgehead atoms. The molecule has 1 heterocycles. The van der Waals surface area contributed by atoms with E-state index in [2.05, 4.69) is 10.6 Å². The number of carbonyl (C=O) groups is 2. The van der Waals surface area contributed by atoms with Gasteiger partial charge in [-0.1, -0.05) is 41.9 Å². The highest BCUT2D eigenvalue weighted by atomic mass is 35.5. The van der Waals surface area contributed by atoms with Gasteiger partial charge in [-0.15, -0.1) is 0 Å². The molecule has 0 saturated carbocycles. The number of amides is 2. The first-order chi connectivity index (χ1) is 17.2. The maximum absolute atomic E-state index is 13.2. The normalized spacial score (nSPS) is 15.2. The molecule has 1 atom stereocenters. The van der Waals surface area contributed by atoms with Crippen molar-refractivity contribution in [3.63, 3.8) is 0 Å². The number of aryl methyl sites for hydroxylation is 1. The van der Waals surface area contributed by atoms with Gasteiger partial charge in [0.05, 0.1) is 11.4 Å². The molecule has 2 amide bonds. The second kappa shape index (κ2) is 11.0. The van der Waals surface area contributed by atoms with E-state index in [1.165, 1.54) is 4.31 Å². The van der Waals surface area contributed by atoms with Gasteiger partial charge in [-0.2, -0.15) is 0 Å². The average Bonchev–Trinajstić information content (AvgIpc) is 3.19. The zero-order chi connectivity index (χ0) is 25.7. The van der Waals surface area contributed by atoms with E-state index in [1.54, 1.807) is 49.4 Å². The zero-order valence-corrected chi connectivity index (χ0v) is 21.2. The van der Waals surface area contributed by atoms with Crippen LogP contribution in [0.3, 0.4) is 0 Å². The predicted octanol–water partition coefficient (Wildman–Crippen LogP) is 4.99. The Balaban J connectivity index is 1.49. The van der Waals surface area contributed by atoms with E-state index in [9.17, 15) is 18.0 Å². The van der Waals surface area contributed by atoms with E-state index in [0.29, 0.717) is 40.6 Å². The van der Waals surface area contributed by atoms with Gasteiger partial charge in [0.25, 0.3) is 5.91 Å². The van der Waals surface area contributed by atoms with Crippen molar-refractivity contribution in [3.8, 4) is 0 Å². The summed E-state index contributed by atoms with van der Waals surface area (Å²) in [4.78, 5) is 25.7. The van der Waals surface area contributed by atoms with Gasteiger partial charge in [0.2, 0.25) is 10.0 Å². The molecular formula is C26H26ClN3O5S. The SMILES string of the molecule is Cc1cc(NC(=O)C(Cc2ccccc2)OC(=O)Nc2ccc(Cl)cc2)ccc1N1CCCS1(=O)=O. The summed E-state index contributed by atoms with van der Waals surface area (Å²) in [6.07, 6.45) is -1.14. The lowest BCUT2D eigenvalue weighted by Gasteiger charge is -2.21. The summed E-state index contributed by atoms with van der Waals surface area (Å²) in [5, 5.41) is 5.91. The minimum absolute atomic E-state index is 0.127. The van der Waals surface area contributed by atoms with Crippen molar-refractivity contribution in [2.45, 2.75) is 25.9 Å². The Hall–Kier alpha value is -3.56. The first kappa shape index (κ1) is 25.5. The van der Waals surface area contributed by atoms with Crippen LogP contribution in [0.4, 0.5) is 21.9 Å². The van der Waals surface area contributed by atoms with Crippen LogP contribution in [0.5, 0.6) is 0 Å². The van der Waals surface area contributed by atoms with E-state index in [-0.39, 0.29) is 12.2 Å². The molecule has 0 spiro atoms. The molecule has 10 heteroatoms. The number of carbonyl (C=O) groups excluding carboxylic acids is 2. The molecule has 8 nitrogen and oxygen atoms in total. The summed E-state index contributed by atoms with van der Waals surface area (Å²) in [5.74, 6) is -0.382. The molecule has 0 aliphatic carbocycles. The van der Waals surface area contributed by atoms with Gasteiger partial charge in [0.15, 0.2) is 6.10 Å². The third kappa shape index (κ3) is 6.35. The summed E-state index contributed by atoms with van der Waals surface area (Å²) in [6, 6.07) is 20.8. The second-order valence-electron chi connectivity index (χ2n) is 8.45. The van der Waals surface area contributed by atoms with Crippen molar-refractivity contribution >= 4 is 50.7 Å². The van der Waals surface area contributed by atoms with Crippen molar-refractivity contribution in [1.29, 1.82) is 0 Å². The van der Waals surface area contributed by atoms with E-state index in [4.69, 9.17) is 16.3 Å². The van der Waals surface area contributed by atoms with E-state index >= 15 is 0 Å². The van der Waals surface area contributed by atoms with Crippen LogP contribution < -0.4 is 14.9 Å². The molecule has 4 rings (SSSR count). The minimum atomic E-state index is -3.31. The van der Waals surface area contributed by atoms with Gasteiger partial charge < -0.3 is 10.1 Å². The molecule has 1 aliphatic heterocycles. The van der Waals surface area contributed by atoms with Crippen LogP contribution in [-0.4, -0.2) is 38.8 Å². The summed E-state index contributed by atoms with van der Waals surface area (Å²) in [5.41, 5.74) is 3.07. The van der Waals surface area contributed by atoms with Gasteiger partial charge in [-0.3, -0.25) is 14.4 Å². The predicted molar refractivity (Wildman–Crippen MR) is 141 cm³/mol. The lowest BCUT2D eigenvalue weighted by molar-refractivity contribution is -0.124. The Kier molecular flexibility index (Phi) is 7.81. The van der Waals surface area contributed by atoms with Crippen LogP contribution in [0.2, 0.25) is 5.02 Å². The molecule has 1 unspecified atom stereocenters. The van der Waals surface area contributed by atoms with E-state index in [1.807, 2.05) is 30.3 Å². The van der Waals surface area contributed by atoms with Crippen molar-refractivity contribution in [2.24, 2.45) is 0 Å². The molecular weight excluding hydrogens is 502 g/mol. The number of nitrogens with zero attached hydrogens (tertiary/aromatic N) is 1. The standard InChI is InChI=1S/C26H26ClN3O5S/c1-18-16-22(12-13-23(18)30-14-5-15-36(30,33)34)28-25(31)24(17-19-6-3-2-4-7-19)35-26(32)29-21-10-8-20(27)9-11-21/h2-4,6-13,16,24H,5,14-15,17H2,1H3,(H,28,31)(H,29,32). The first-order valence-corrected chi connectivity index (χ1v) is 13.4. The van der Waals surface area contributed by atoms with Crippen molar-refractivity contribution in [2.75, 3.05) is 27.2 Å². The quantitative estimate of drug-likeness (QED) is 0.450. The summed E-state index contributed by atoms with van der Waals surface area (Å²) < 4.78 is 31.5. The van der Waals surface area contributed by atoms with Crippen LogP contribution in [0.1, 0.15) is 17.5 Å². The molecule has 1 fully saturated rings. The van der Waals surface area contributed by atoms with Crippen LogP contribution in [0.25, 0.3) is 0 Å². The fourth-order valence-corrected chi connectivity index (χ4v) is 5.72. The Labute approximate surface area is 215 Å². The topological polar surface area (TPSA) is 105 Å². The number of ether oxygens (including phenoxy) is 1. The lowest BCUT2D eigenvalue weighted by atomic mass is 10.1. The lowest BCUT2D eigenvalue weighted by Crippen LogP contribution is -2.35. The highest BCUT2D eigenvalue weighted by molar-refractivity contribution is 7.93. The van der Waals surface area contributed by atoms with Crippen molar-refractivity contribution in [3.05, 3.63) is 88.9 Å². The molecule has 0 radical (unpaired) electrons. The van der Waals surface area contributed by atoms with E-state index in [0.717, 1.165) is 5.56 Å². The number of sulfonamides is 1. The Morgan fingerprint density at radius 2 is 1.69 bits per heavy atom. The third-order valence-electron chi connectivity index (χ3n) is 5.73. The number of anilines is 3. The Bertz CT molecular complexity index is 1350. The number of hydrogen-bond acceptors (Lipinski definition) is 5. The Morgan fingerprint density at radius 3 is 2.33 bits per heavy atom. The summed E-state index contributed by atoms with van der Waals surface area (Å²) in [6.45, 7) is 2.22. The highest BCUT2D eigenvalue weighted by Crippen LogP contribution is 2.29. The molecule has 188 valence electrons. The molecule has 1 saturated heterocycles. The van der Waals surface area contributed by atoms with Crippen molar-refractivity contribution < 1.29 is 22.7 Å². The van der Waals surface area contributed by atoms with Gasteiger partial charge in [-0.05, 0) is 66.9 Å². The minimum Gasteiger partial charge on any atom is -0.436 e. The number of nitrogens with one attached hydrogen (secondary N) is 2. The molecule has 0 aromatic heterocycles. The third-order valence-corrected chi connectivity index (χ3v) is 7.84. The Morgan fingerprint density at radius 1 is 1.00 bits per heavy atom. The van der Waals surface area contributed by atoms with Crippen LogP contribution >= 0.6 is 11.6 Å². The van der Waals surface area contributed by atoms with Gasteiger partial charge in [0, 0.05) is 29.4 Å². The zero-order valence-electron chi connectivity index (χ0n) is 19.6. The maximum Gasteiger partial charge on any atom is 0.412 e. The number of halogens is 1. The van der Waals surface area contributed by atoms with E-state index < -0.39 is 28.1 Å². The van der Waals surface area contributed by atoms with Gasteiger partial charge in [0.1, 0.15) is 0 Å². The van der Waals surface area contributed by atoms with Gasteiger partial charge >= 0.3 is 6.09 Å².